The fourth-order valence-corrected chi connectivity index (χ4v) is 3.61. The van der Waals surface area contributed by atoms with Gasteiger partial charge in [0.1, 0.15) is 5.75 Å². The summed E-state index contributed by atoms with van der Waals surface area (Å²) in [5.41, 5.74) is 1.37. The standard InChI is InChI=1S/C16H24BrNO/c1-4-18-16-8-5-12(11(16)2)9-13-10-14(19-3)6-7-15(13)17/h6-7,10-12,16,18H,4-5,8-9H2,1-3H3. The predicted molar refractivity (Wildman–Crippen MR) is 83.8 cm³/mol. The van der Waals surface area contributed by atoms with Crippen molar-refractivity contribution in [1.82, 2.24) is 5.32 Å². The highest BCUT2D eigenvalue weighted by Crippen LogP contribution is 2.36. The van der Waals surface area contributed by atoms with Crippen molar-refractivity contribution >= 4 is 15.9 Å². The van der Waals surface area contributed by atoms with Crippen LogP contribution in [0.3, 0.4) is 0 Å². The molecule has 0 spiro atoms. The van der Waals surface area contributed by atoms with E-state index in [0.717, 1.165) is 30.6 Å². The van der Waals surface area contributed by atoms with Gasteiger partial charge in [-0.05, 0) is 61.4 Å². The van der Waals surface area contributed by atoms with Crippen LogP contribution in [-0.4, -0.2) is 19.7 Å². The Morgan fingerprint density at radius 3 is 2.84 bits per heavy atom. The Morgan fingerprint density at radius 1 is 1.37 bits per heavy atom. The molecule has 3 heteroatoms. The Morgan fingerprint density at radius 2 is 2.16 bits per heavy atom. The van der Waals surface area contributed by atoms with Gasteiger partial charge in [-0.1, -0.05) is 29.8 Å². The molecule has 0 heterocycles. The van der Waals surface area contributed by atoms with E-state index >= 15 is 0 Å². The summed E-state index contributed by atoms with van der Waals surface area (Å²) in [6.07, 6.45) is 3.77. The third-order valence-electron chi connectivity index (χ3n) is 4.43. The number of benzene rings is 1. The van der Waals surface area contributed by atoms with E-state index in [9.17, 15) is 0 Å². The minimum absolute atomic E-state index is 0.694. The normalized spacial score (nSPS) is 26.6. The Kier molecular flexibility index (Phi) is 5.28. The first-order chi connectivity index (χ1) is 9.15. The van der Waals surface area contributed by atoms with Crippen LogP contribution in [0.4, 0.5) is 0 Å². The quantitative estimate of drug-likeness (QED) is 0.882. The molecular formula is C16H24BrNO. The second-order valence-corrected chi connectivity index (χ2v) is 6.38. The van der Waals surface area contributed by atoms with Gasteiger partial charge in [-0.15, -0.1) is 0 Å². The van der Waals surface area contributed by atoms with Crippen LogP contribution in [0.15, 0.2) is 22.7 Å². The second kappa shape index (κ2) is 6.76. The molecule has 106 valence electrons. The molecule has 1 N–H and O–H groups in total. The molecule has 0 radical (unpaired) electrons. The Labute approximate surface area is 125 Å². The highest BCUT2D eigenvalue weighted by Gasteiger charge is 2.32. The van der Waals surface area contributed by atoms with Crippen LogP contribution in [0.5, 0.6) is 5.75 Å². The van der Waals surface area contributed by atoms with Gasteiger partial charge in [0.2, 0.25) is 0 Å². The molecule has 0 bridgehead atoms. The molecule has 3 unspecified atom stereocenters. The number of ether oxygens (including phenoxy) is 1. The van der Waals surface area contributed by atoms with E-state index in [4.69, 9.17) is 4.74 Å². The third-order valence-corrected chi connectivity index (χ3v) is 5.20. The highest BCUT2D eigenvalue weighted by atomic mass is 79.9. The first kappa shape index (κ1) is 14.9. The van der Waals surface area contributed by atoms with Crippen LogP contribution < -0.4 is 10.1 Å². The Bertz CT molecular complexity index is 421. The van der Waals surface area contributed by atoms with Gasteiger partial charge in [0.25, 0.3) is 0 Å². The van der Waals surface area contributed by atoms with Crippen molar-refractivity contribution in [3.05, 3.63) is 28.2 Å². The number of rotatable bonds is 5. The van der Waals surface area contributed by atoms with E-state index in [1.54, 1.807) is 7.11 Å². The Hall–Kier alpha value is -0.540. The monoisotopic (exact) mass is 325 g/mol. The van der Waals surface area contributed by atoms with Gasteiger partial charge in [0.05, 0.1) is 7.11 Å². The van der Waals surface area contributed by atoms with E-state index in [1.165, 1.54) is 22.9 Å². The molecule has 0 aromatic heterocycles. The van der Waals surface area contributed by atoms with Gasteiger partial charge >= 0.3 is 0 Å². The van der Waals surface area contributed by atoms with Crippen LogP contribution >= 0.6 is 15.9 Å². The summed E-state index contributed by atoms with van der Waals surface area (Å²) in [5, 5.41) is 3.61. The summed E-state index contributed by atoms with van der Waals surface area (Å²) >= 11 is 3.66. The van der Waals surface area contributed by atoms with Crippen molar-refractivity contribution in [3.63, 3.8) is 0 Å². The molecule has 0 saturated heterocycles. The average molecular weight is 326 g/mol. The summed E-state index contributed by atoms with van der Waals surface area (Å²) in [7, 11) is 1.73. The summed E-state index contributed by atoms with van der Waals surface area (Å²) in [6.45, 7) is 5.66. The maximum absolute atomic E-state index is 5.33. The number of hydrogen-bond donors (Lipinski definition) is 1. The first-order valence-corrected chi connectivity index (χ1v) is 8.00. The van der Waals surface area contributed by atoms with E-state index < -0.39 is 0 Å². The fraction of sp³-hybridized carbons (Fsp3) is 0.625. The van der Waals surface area contributed by atoms with Crippen molar-refractivity contribution in [2.45, 2.75) is 39.2 Å². The molecule has 2 nitrogen and oxygen atoms in total. The van der Waals surface area contributed by atoms with Gasteiger partial charge in [0, 0.05) is 10.5 Å². The van der Waals surface area contributed by atoms with Crippen molar-refractivity contribution in [2.24, 2.45) is 11.8 Å². The van der Waals surface area contributed by atoms with Gasteiger partial charge in [-0.3, -0.25) is 0 Å². The minimum Gasteiger partial charge on any atom is -0.497 e. The van der Waals surface area contributed by atoms with Crippen molar-refractivity contribution in [2.75, 3.05) is 13.7 Å². The van der Waals surface area contributed by atoms with Crippen molar-refractivity contribution < 1.29 is 4.74 Å². The maximum Gasteiger partial charge on any atom is 0.119 e. The molecule has 3 atom stereocenters. The number of methoxy groups -OCH3 is 1. The average Bonchev–Trinajstić information content (AvgIpc) is 2.75. The van der Waals surface area contributed by atoms with Crippen LogP contribution in [-0.2, 0) is 6.42 Å². The first-order valence-electron chi connectivity index (χ1n) is 7.21. The van der Waals surface area contributed by atoms with Gasteiger partial charge in [0.15, 0.2) is 0 Å². The molecule has 1 saturated carbocycles. The largest absolute Gasteiger partial charge is 0.497 e. The molecule has 1 fully saturated rings. The third kappa shape index (κ3) is 3.51. The van der Waals surface area contributed by atoms with Crippen LogP contribution in [0.2, 0.25) is 0 Å². The molecular weight excluding hydrogens is 302 g/mol. The molecule has 1 aliphatic carbocycles. The van der Waals surface area contributed by atoms with Gasteiger partial charge in [-0.25, -0.2) is 0 Å². The van der Waals surface area contributed by atoms with E-state index in [1.807, 2.05) is 6.07 Å². The zero-order chi connectivity index (χ0) is 13.8. The number of halogens is 1. The molecule has 1 aliphatic rings. The van der Waals surface area contributed by atoms with Gasteiger partial charge < -0.3 is 10.1 Å². The lowest BCUT2D eigenvalue weighted by Crippen LogP contribution is -2.32. The lowest BCUT2D eigenvalue weighted by Gasteiger charge is -2.22. The maximum atomic E-state index is 5.33. The highest BCUT2D eigenvalue weighted by molar-refractivity contribution is 9.10. The number of hydrogen-bond acceptors (Lipinski definition) is 2. The van der Waals surface area contributed by atoms with Crippen LogP contribution in [0.25, 0.3) is 0 Å². The summed E-state index contributed by atoms with van der Waals surface area (Å²) in [5.74, 6) is 2.47. The Balaban J connectivity index is 2.05. The van der Waals surface area contributed by atoms with Gasteiger partial charge in [-0.2, -0.15) is 0 Å². The molecule has 1 aromatic carbocycles. The number of nitrogens with one attached hydrogen (secondary N) is 1. The molecule has 2 rings (SSSR count). The smallest absolute Gasteiger partial charge is 0.119 e. The zero-order valence-corrected chi connectivity index (χ0v) is 13.7. The summed E-state index contributed by atoms with van der Waals surface area (Å²) < 4.78 is 6.53. The predicted octanol–water partition coefficient (Wildman–Crippen LogP) is 4.02. The lowest BCUT2D eigenvalue weighted by atomic mass is 9.89. The lowest BCUT2D eigenvalue weighted by molar-refractivity contribution is 0.354. The molecule has 19 heavy (non-hydrogen) atoms. The van der Waals surface area contributed by atoms with Crippen molar-refractivity contribution in [1.29, 1.82) is 0 Å². The molecule has 1 aromatic rings. The zero-order valence-electron chi connectivity index (χ0n) is 12.1. The minimum atomic E-state index is 0.694. The van der Waals surface area contributed by atoms with E-state index in [0.29, 0.717) is 6.04 Å². The SMILES string of the molecule is CCNC1CCC(Cc2cc(OC)ccc2Br)C1C. The second-order valence-electron chi connectivity index (χ2n) is 5.52. The molecule has 0 amide bonds. The summed E-state index contributed by atoms with van der Waals surface area (Å²) in [6, 6.07) is 6.96. The van der Waals surface area contributed by atoms with Crippen molar-refractivity contribution in [3.8, 4) is 5.75 Å². The van der Waals surface area contributed by atoms with Crippen LogP contribution in [0, 0.1) is 11.8 Å². The van der Waals surface area contributed by atoms with E-state index in [-0.39, 0.29) is 0 Å². The summed E-state index contributed by atoms with van der Waals surface area (Å²) in [4.78, 5) is 0. The van der Waals surface area contributed by atoms with E-state index in [2.05, 4.69) is 47.2 Å². The van der Waals surface area contributed by atoms with Crippen LogP contribution in [0.1, 0.15) is 32.3 Å². The fourth-order valence-electron chi connectivity index (χ4n) is 3.20. The molecule has 0 aliphatic heterocycles. The topological polar surface area (TPSA) is 21.3 Å².